The van der Waals surface area contributed by atoms with E-state index in [2.05, 4.69) is 9.88 Å². The lowest BCUT2D eigenvalue weighted by atomic mass is 9.70. The first-order valence-electron chi connectivity index (χ1n) is 11.8. The normalized spacial score (nSPS) is 21.3. The van der Waals surface area contributed by atoms with E-state index < -0.39 is 10.0 Å². The SMILES string of the molecule is CCS(=O)(=O)N1CC2(CN(Cc3ccc4c(c3)OCO4)[C@@H](CO)c3[nH]c4cc(OC)ccc4c32)C1. The van der Waals surface area contributed by atoms with Gasteiger partial charge in [-0.25, -0.2) is 8.42 Å². The summed E-state index contributed by atoms with van der Waals surface area (Å²) in [4.78, 5) is 5.78. The van der Waals surface area contributed by atoms with E-state index in [0.29, 0.717) is 26.2 Å². The van der Waals surface area contributed by atoms with E-state index in [-0.39, 0.29) is 30.6 Å². The van der Waals surface area contributed by atoms with E-state index in [9.17, 15) is 13.5 Å². The second kappa shape index (κ2) is 8.12. The standard InChI is InChI=1S/C25H29N3O6S/c1-3-35(30,31)28-13-25(14-28)12-27(10-16-4-7-21-22(8-16)34-15-33-21)20(11-29)24-23(25)18-6-5-17(32-2)9-19(18)26-24/h4-9,20,26,29H,3,10-15H2,1-2H3/t20-/m0/s1. The highest BCUT2D eigenvalue weighted by Gasteiger charge is 2.55. The van der Waals surface area contributed by atoms with E-state index in [4.69, 9.17) is 14.2 Å². The van der Waals surface area contributed by atoms with Crippen LogP contribution in [0.2, 0.25) is 0 Å². The summed E-state index contributed by atoms with van der Waals surface area (Å²) in [6, 6.07) is 11.6. The van der Waals surface area contributed by atoms with E-state index >= 15 is 0 Å². The molecule has 2 N–H and O–H groups in total. The predicted octanol–water partition coefficient (Wildman–Crippen LogP) is 2.36. The van der Waals surface area contributed by atoms with Crippen LogP contribution in [0, 0.1) is 0 Å². The van der Waals surface area contributed by atoms with Gasteiger partial charge in [0.2, 0.25) is 16.8 Å². The Hall–Kier alpha value is -2.79. The average molecular weight is 500 g/mol. The number of aromatic nitrogens is 1. The Kier molecular flexibility index (Phi) is 5.26. The van der Waals surface area contributed by atoms with Crippen molar-refractivity contribution in [1.82, 2.24) is 14.2 Å². The number of methoxy groups -OCH3 is 1. The first kappa shape index (κ1) is 22.7. The summed E-state index contributed by atoms with van der Waals surface area (Å²) in [6.45, 7) is 3.90. The molecule has 0 saturated carbocycles. The Morgan fingerprint density at radius 2 is 1.94 bits per heavy atom. The van der Waals surface area contributed by atoms with Gasteiger partial charge in [-0.1, -0.05) is 6.07 Å². The molecule has 1 spiro atoms. The molecule has 1 atom stereocenters. The molecular formula is C25H29N3O6S. The van der Waals surface area contributed by atoms with Gasteiger partial charge in [0.05, 0.1) is 25.5 Å². The van der Waals surface area contributed by atoms with Gasteiger partial charge in [-0.05, 0) is 42.3 Å². The largest absolute Gasteiger partial charge is 0.497 e. The highest BCUT2D eigenvalue weighted by Crippen LogP contribution is 2.49. The second-order valence-electron chi connectivity index (χ2n) is 9.57. The van der Waals surface area contributed by atoms with Crippen LogP contribution in [-0.2, 0) is 22.0 Å². The minimum atomic E-state index is -3.28. The third kappa shape index (κ3) is 3.50. The van der Waals surface area contributed by atoms with Crippen LogP contribution in [0.4, 0.5) is 0 Å². The summed E-state index contributed by atoms with van der Waals surface area (Å²) < 4.78 is 43.3. The van der Waals surface area contributed by atoms with Gasteiger partial charge in [0, 0.05) is 54.3 Å². The summed E-state index contributed by atoms with van der Waals surface area (Å²) in [5.74, 6) is 2.28. The third-order valence-electron chi connectivity index (χ3n) is 7.56. The molecule has 2 aromatic carbocycles. The van der Waals surface area contributed by atoms with Crippen LogP contribution in [0.3, 0.4) is 0 Å². The highest BCUT2D eigenvalue weighted by atomic mass is 32.2. The van der Waals surface area contributed by atoms with Gasteiger partial charge in [-0.3, -0.25) is 4.90 Å². The fraction of sp³-hybridized carbons (Fsp3) is 0.440. The summed E-state index contributed by atoms with van der Waals surface area (Å²) in [5.41, 5.74) is 3.65. The summed E-state index contributed by atoms with van der Waals surface area (Å²) in [5, 5.41) is 11.6. The Morgan fingerprint density at radius 3 is 2.69 bits per heavy atom. The molecule has 186 valence electrons. The lowest BCUT2D eigenvalue weighted by Gasteiger charge is -2.55. The molecule has 0 aliphatic carbocycles. The molecule has 9 nitrogen and oxygen atoms in total. The van der Waals surface area contributed by atoms with E-state index in [1.165, 1.54) is 0 Å². The van der Waals surface area contributed by atoms with Crippen molar-refractivity contribution in [3.8, 4) is 17.2 Å². The molecule has 35 heavy (non-hydrogen) atoms. The molecule has 3 aromatic rings. The number of aromatic amines is 1. The Labute approximate surface area is 204 Å². The lowest BCUT2D eigenvalue weighted by Crippen LogP contribution is -2.67. The van der Waals surface area contributed by atoms with E-state index in [1.807, 2.05) is 36.4 Å². The van der Waals surface area contributed by atoms with Crippen molar-refractivity contribution in [2.45, 2.75) is 24.9 Å². The van der Waals surface area contributed by atoms with Gasteiger partial charge in [-0.15, -0.1) is 0 Å². The number of hydrogen-bond acceptors (Lipinski definition) is 7. The minimum absolute atomic E-state index is 0.0610. The van der Waals surface area contributed by atoms with Gasteiger partial charge >= 0.3 is 0 Å². The molecule has 0 unspecified atom stereocenters. The number of sulfonamides is 1. The molecule has 0 radical (unpaired) electrons. The molecule has 1 fully saturated rings. The minimum Gasteiger partial charge on any atom is -0.497 e. The molecule has 6 rings (SSSR count). The van der Waals surface area contributed by atoms with Crippen molar-refractivity contribution >= 4 is 20.9 Å². The number of ether oxygens (including phenoxy) is 3. The number of fused-ring (bicyclic) bond motifs is 5. The van der Waals surface area contributed by atoms with Gasteiger partial charge in [0.1, 0.15) is 5.75 Å². The van der Waals surface area contributed by atoms with Gasteiger partial charge in [-0.2, -0.15) is 4.31 Å². The predicted molar refractivity (Wildman–Crippen MR) is 130 cm³/mol. The lowest BCUT2D eigenvalue weighted by molar-refractivity contribution is 0.0258. The van der Waals surface area contributed by atoms with Crippen molar-refractivity contribution in [3.63, 3.8) is 0 Å². The molecule has 1 saturated heterocycles. The average Bonchev–Trinajstić information content (AvgIpc) is 3.45. The quantitative estimate of drug-likeness (QED) is 0.537. The van der Waals surface area contributed by atoms with Crippen molar-refractivity contribution in [2.75, 3.05) is 45.9 Å². The van der Waals surface area contributed by atoms with Crippen LogP contribution in [0.5, 0.6) is 17.2 Å². The molecule has 3 aliphatic rings. The number of nitrogens with zero attached hydrogens (tertiary/aromatic N) is 2. The maximum absolute atomic E-state index is 12.6. The summed E-state index contributed by atoms with van der Waals surface area (Å²) in [6.07, 6.45) is 0. The first-order valence-corrected chi connectivity index (χ1v) is 13.4. The van der Waals surface area contributed by atoms with Crippen LogP contribution in [0.25, 0.3) is 10.9 Å². The molecular weight excluding hydrogens is 470 g/mol. The van der Waals surface area contributed by atoms with Crippen LogP contribution in [0.15, 0.2) is 36.4 Å². The summed E-state index contributed by atoms with van der Waals surface area (Å²) >= 11 is 0. The fourth-order valence-corrected chi connectivity index (χ4v) is 7.07. The van der Waals surface area contributed by atoms with E-state index in [0.717, 1.165) is 45.0 Å². The molecule has 0 amide bonds. The van der Waals surface area contributed by atoms with Crippen LogP contribution in [0.1, 0.15) is 29.8 Å². The number of aliphatic hydroxyl groups is 1. The van der Waals surface area contributed by atoms with Gasteiger partial charge < -0.3 is 24.3 Å². The van der Waals surface area contributed by atoms with Crippen molar-refractivity contribution in [1.29, 1.82) is 0 Å². The molecule has 4 heterocycles. The van der Waals surface area contributed by atoms with Crippen LogP contribution in [-0.4, -0.2) is 73.6 Å². The Morgan fingerprint density at radius 1 is 1.14 bits per heavy atom. The van der Waals surface area contributed by atoms with Crippen molar-refractivity contribution in [3.05, 3.63) is 53.2 Å². The molecule has 10 heteroatoms. The maximum atomic E-state index is 12.6. The Balaban J connectivity index is 1.43. The zero-order chi connectivity index (χ0) is 24.4. The number of H-pyrrole nitrogens is 1. The number of rotatable bonds is 6. The first-order chi connectivity index (χ1) is 16.9. The number of benzene rings is 2. The molecule has 1 aromatic heterocycles. The van der Waals surface area contributed by atoms with Crippen molar-refractivity contribution < 1.29 is 27.7 Å². The van der Waals surface area contributed by atoms with Gasteiger partial charge in [0.25, 0.3) is 0 Å². The smallest absolute Gasteiger partial charge is 0.231 e. The Bertz CT molecular complexity index is 1400. The third-order valence-corrected chi connectivity index (χ3v) is 9.33. The zero-order valence-corrected chi connectivity index (χ0v) is 20.6. The molecule has 0 bridgehead atoms. The second-order valence-corrected chi connectivity index (χ2v) is 11.8. The van der Waals surface area contributed by atoms with Crippen molar-refractivity contribution in [2.24, 2.45) is 0 Å². The number of aliphatic hydroxyl groups excluding tert-OH is 1. The highest BCUT2D eigenvalue weighted by molar-refractivity contribution is 7.89. The van der Waals surface area contributed by atoms with Crippen LogP contribution < -0.4 is 14.2 Å². The van der Waals surface area contributed by atoms with Gasteiger partial charge in [0.15, 0.2) is 11.5 Å². The van der Waals surface area contributed by atoms with E-state index in [1.54, 1.807) is 18.3 Å². The molecule has 3 aliphatic heterocycles. The summed E-state index contributed by atoms with van der Waals surface area (Å²) in [7, 11) is -1.65. The number of nitrogens with one attached hydrogen (secondary N) is 1. The fourth-order valence-electron chi connectivity index (χ4n) is 5.82. The maximum Gasteiger partial charge on any atom is 0.231 e. The number of hydrogen-bond donors (Lipinski definition) is 2. The van der Waals surface area contributed by atoms with Crippen LogP contribution >= 0.6 is 0 Å². The topological polar surface area (TPSA) is 104 Å². The monoisotopic (exact) mass is 499 g/mol. The zero-order valence-electron chi connectivity index (χ0n) is 19.8.